The second-order valence-electron chi connectivity index (χ2n) is 5.41. The Kier molecular flexibility index (Phi) is 2.86. The fourth-order valence-corrected chi connectivity index (χ4v) is 3.05. The SMILES string of the molecule is NC1c2ccccc2CC1Oc1cccc2ncccc12. The van der Waals surface area contributed by atoms with Crippen molar-refractivity contribution in [2.24, 2.45) is 5.73 Å². The molecule has 3 aromatic rings. The van der Waals surface area contributed by atoms with Gasteiger partial charge in [-0.3, -0.25) is 4.98 Å². The summed E-state index contributed by atoms with van der Waals surface area (Å²) in [6.07, 6.45) is 2.63. The minimum Gasteiger partial charge on any atom is -0.487 e. The minimum absolute atomic E-state index is 0.0202. The highest BCUT2D eigenvalue weighted by molar-refractivity contribution is 5.84. The van der Waals surface area contributed by atoms with Gasteiger partial charge in [-0.1, -0.05) is 30.3 Å². The van der Waals surface area contributed by atoms with Gasteiger partial charge in [-0.25, -0.2) is 0 Å². The van der Waals surface area contributed by atoms with E-state index in [1.54, 1.807) is 6.20 Å². The molecular formula is C18H16N2O. The van der Waals surface area contributed by atoms with Gasteiger partial charge in [-0.15, -0.1) is 0 Å². The van der Waals surface area contributed by atoms with E-state index < -0.39 is 0 Å². The highest BCUT2D eigenvalue weighted by Crippen LogP contribution is 2.34. The van der Waals surface area contributed by atoms with E-state index in [1.165, 1.54) is 11.1 Å². The lowest BCUT2D eigenvalue weighted by atomic mass is 10.1. The molecule has 2 unspecified atom stereocenters. The van der Waals surface area contributed by atoms with Gasteiger partial charge in [0, 0.05) is 18.0 Å². The maximum absolute atomic E-state index is 6.34. The number of nitrogens with two attached hydrogens (primary N) is 1. The van der Waals surface area contributed by atoms with E-state index in [0.29, 0.717) is 0 Å². The zero-order chi connectivity index (χ0) is 14.2. The Labute approximate surface area is 123 Å². The van der Waals surface area contributed by atoms with E-state index in [2.05, 4.69) is 23.2 Å². The van der Waals surface area contributed by atoms with Crippen LogP contribution in [0.2, 0.25) is 0 Å². The third-order valence-corrected chi connectivity index (χ3v) is 4.12. The van der Waals surface area contributed by atoms with Gasteiger partial charge >= 0.3 is 0 Å². The maximum Gasteiger partial charge on any atom is 0.129 e. The lowest BCUT2D eigenvalue weighted by Crippen LogP contribution is -2.27. The molecule has 0 fully saturated rings. The summed E-state index contributed by atoms with van der Waals surface area (Å²) >= 11 is 0. The van der Waals surface area contributed by atoms with Crippen molar-refractivity contribution < 1.29 is 4.74 Å². The quantitative estimate of drug-likeness (QED) is 0.781. The molecule has 0 bridgehead atoms. The summed E-state index contributed by atoms with van der Waals surface area (Å²) in [7, 11) is 0. The fourth-order valence-electron chi connectivity index (χ4n) is 3.05. The molecule has 104 valence electrons. The summed E-state index contributed by atoms with van der Waals surface area (Å²) < 4.78 is 6.22. The van der Waals surface area contributed by atoms with Crippen LogP contribution in [-0.2, 0) is 6.42 Å². The van der Waals surface area contributed by atoms with Crippen LogP contribution >= 0.6 is 0 Å². The Hall–Kier alpha value is -2.39. The van der Waals surface area contributed by atoms with Crippen LogP contribution in [0.15, 0.2) is 60.8 Å². The Bertz CT molecular complexity index is 795. The van der Waals surface area contributed by atoms with Gasteiger partial charge in [-0.05, 0) is 35.4 Å². The zero-order valence-corrected chi connectivity index (χ0v) is 11.6. The smallest absolute Gasteiger partial charge is 0.129 e. The average Bonchev–Trinajstić information content (AvgIpc) is 2.85. The first-order valence-electron chi connectivity index (χ1n) is 7.17. The van der Waals surface area contributed by atoms with Gasteiger partial charge in [0.15, 0.2) is 0 Å². The minimum atomic E-state index is -0.0758. The molecule has 0 saturated heterocycles. The van der Waals surface area contributed by atoms with Crippen molar-refractivity contribution in [2.75, 3.05) is 0 Å². The topological polar surface area (TPSA) is 48.1 Å². The molecule has 3 nitrogen and oxygen atoms in total. The van der Waals surface area contributed by atoms with Crippen molar-refractivity contribution in [2.45, 2.75) is 18.6 Å². The van der Waals surface area contributed by atoms with Gasteiger partial charge in [0.1, 0.15) is 11.9 Å². The first-order chi connectivity index (χ1) is 10.3. The summed E-state index contributed by atoms with van der Waals surface area (Å²) in [6.45, 7) is 0. The van der Waals surface area contributed by atoms with Crippen LogP contribution in [-0.4, -0.2) is 11.1 Å². The molecule has 4 rings (SSSR count). The molecule has 1 aromatic heterocycles. The van der Waals surface area contributed by atoms with Crippen LogP contribution < -0.4 is 10.5 Å². The molecule has 21 heavy (non-hydrogen) atoms. The molecule has 0 spiro atoms. The third-order valence-electron chi connectivity index (χ3n) is 4.12. The van der Waals surface area contributed by atoms with Crippen LogP contribution in [0.3, 0.4) is 0 Å². The number of nitrogens with zero attached hydrogens (tertiary/aromatic N) is 1. The van der Waals surface area contributed by atoms with Crippen LogP contribution in [0.25, 0.3) is 10.9 Å². The number of rotatable bonds is 2. The summed E-state index contributed by atoms with van der Waals surface area (Å²) in [5, 5.41) is 1.03. The lowest BCUT2D eigenvalue weighted by Gasteiger charge is -2.19. The van der Waals surface area contributed by atoms with Gasteiger partial charge < -0.3 is 10.5 Å². The summed E-state index contributed by atoms with van der Waals surface area (Å²) in [5.41, 5.74) is 9.77. The molecule has 2 N–H and O–H groups in total. The van der Waals surface area contributed by atoms with Crippen molar-refractivity contribution in [3.05, 3.63) is 71.9 Å². The summed E-state index contributed by atoms with van der Waals surface area (Å²) in [4.78, 5) is 4.36. The van der Waals surface area contributed by atoms with Gasteiger partial charge in [0.2, 0.25) is 0 Å². The molecule has 1 heterocycles. The molecular weight excluding hydrogens is 260 g/mol. The number of aromatic nitrogens is 1. The molecule has 0 amide bonds. The number of pyridine rings is 1. The van der Waals surface area contributed by atoms with E-state index in [0.717, 1.165) is 23.1 Å². The fraction of sp³-hybridized carbons (Fsp3) is 0.167. The summed E-state index contributed by atoms with van der Waals surface area (Å²) in [6, 6.07) is 18.1. The molecule has 0 saturated carbocycles. The normalized spacial score (nSPS) is 20.4. The molecule has 0 radical (unpaired) electrons. The highest BCUT2D eigenvalue weighted by atomic mass is 16.5. The predicted molar refractivity (Wildman–Crippen MR) is 83.2 cm³/mol. The Morgan fingerprint density at radius 2 is 1.90 bits per heavy atom. The lowest BCUT2D eigenvalue weighted by molar-refractivity contribution is 0.187. The van der Waals surface area contributed by atoms with Gasteiger partial charge in [-0.2, -0.15) is 0 Å². The zero-order valence-electron chi connectivity index (χ0n) is 11.6. The van der Waals surface area contributed by atoms with Crippen molar-refractivity contribution in [3.8, 4) is 5.75 Å². The van der Waals surface area contributed by atoms with Crippen LogP contribution in [0, 0.1) is 0 Å². The van der Waals surface area contributed by atoms with E-state index in [1.807, 2.05) is 36.4 Å². The standard InChI is InChI=1S/C18H16N2O/c19-18-13-6-2-1-5-12(13)11-17(18)21-16-9-3-8-15-14(16)7-4-10-20-15/h1-10,17-18H,11,19H2. The second kappa shape index (κ2) is 4.86. The maximum atomic E-state index is 6.34. The number of ether oxygens (including phenoxy) is 1. The largest absolute Gasteiger partial charge is 0.487 e. The molecule has 1 aliphatic carbocycles. The van der Waals surface area contributed by atoms with Gasteiger partial charge in [0.25, 0.3) is 0 Å². The van der Waals surface area contributed by atoms with E-state index in [9.17, 15) is 0 Å². The first-order valence-corrected chi connectivity index (χ1v) is 7.17. The van der Waals surface area contributed by atoms with E-state index >= 15 is 0 Å². The summed E-state index contributed by atoms with van der Waals surface area (Å²) in [5.74, 6) is 0.855. The van der Waals surface area contributed by atoms with Gasteiger partial charge in [0.05, 0.1) is 11.6 Å². The van der Waals surface area contributed by atoms with Crippen LogP contribution in [0.4, 0.5) is 0 Å². The number of hydrogen-bond donors (Lipinski definition) is 1. The molecule has 2 aromatic carbocycles. The molecule has 3 heteroatoms. The third kappa shape index (κ3) is 2.06. The van der Waals surface area contributed by atoms with Crippen molar-refractivity contribution in [1.82, 2.24) is 4.98 Å². The molecule has 2 atom stereocenters. The number of fused-ring (bicyclic) bond motifs is 2. The van der Waals surface area contributed by atoms with Crippen molar-refractivity contribution >= 4 is 10.9 Å². The van der Waals surface area contributed by atoms with Crippen LogP contribution in [0.5, 0.6) is 5.75 Å². The van der Waals surface area contributed by atoms with Crippen molar-refractivity contribution in [3.63, 3.8) is 0 Å². The first kappa shape index (κ1) is 12.4. The molecule has 0 aliphatic heterocycles. The van der Waals surface area contributed by atoms with Crippen LogP contribution in [0.1, 0.15) is 17.2 Å². The Balaban J connectivity index is 1.68. The Morgan fingerprint density at radius 1 is 1.00 bits per heavy atom. The molecule has 1 aliphatic rings. The Morgan fingerprint density at radius 3 is 2.81 bits per heavy atom. The predicted octanol–water partition coefficient (Wildman–Crippen LogP) is 3.24. The number of benzene rings is 2. The second-order valence-corrected chi connectivity index (χ2v) is 5.41. The monoisotopic (exact) mass is 276 g/mol. The van der Waals surface area contributed by atoms with E-state index in [-0.39, 0.29) is 12.1 Å². The van der Waals surface area contributed by atoms with E-state index in [4.69, 9.17) is 10.5 Å². The van der Waals surface area contributed by atoms with Crippen molar-refractivity contribution in [1.29, 1.82) is 0 Å². The highest BCUT2D eigenvalue weighted by Gasteiger charge is 2.31. The average molecular weight is 276 g/mol. The number of hydrogen-bond acceptors (Lipinski definition) is 3.